The van der Waals surface area contributed by atoms with Crippen LogP contribution in [0.15, 0.2) is 84.0 Å². The summed E-state index contributed by atoms with van der Waals surface area (Å²) in [5.41, 5.74) is 2.08. The first-order chi connectivity index (χ1) is 13.2. The molecule has 0 bridgehead atoms. The SMILES string of the molecule is C=CCN(C)CC=CCOc1ccc2c(-c3ccc(Br)cc3)nccc2c1. The van der Waals surface area contributed by atoms with E-state index in [1.165, 1.54) is 0 Å². The van der Waals surface area contributed by atoms with Gasteiger partial charge in [-0.15, -0.1) is 6.58 Å². The van der Waals surface area contributed by atoms with Gasteiger partial charge in [0, 0.05) is 34.7 Å². The van der Waals surface area contributed by atoms with E-state index in [9.17, 15) is 0 Å². The van der Waals surface area contributed by atoms with Gasteiger partial charge in [0.2, 0.25) is 0 Å². The highest BCUT2D eigenvalue weighted by atomic mass is 79.9. The number of nitrogens with zero attached hydrogens (tertiary/aromatic N) is 2. The summed E-state index contributed by atoms with van der Waals surface area (Å²) in [6.45, 7) is 6.06. The molecule has 0 N–H and O–H groups in total. The smallest absolute Gasteiger partial charge is 0.120 e. The normalized spacial score (nSPS) is 11.4. The lowest BCUT2D eigenvalue weighted by atomic mass is 10.0. The zero-order valence-corrected chi connectivity index (χ0v) is 17.0. The van der Waals surface area contributed by atoms with Crippen LogP contribution >= 0.6 is 15.9 Å². The van der Waals surface area contributed by atoms with E-state index in [0.717, 1.165) is 45.3 Å². The van der Waals surface area contributed by atoms with Crippen molar-refractivity contribution in [1.29, 1.82) is 0 Å². The van der Waals surface area contributed by atoms with Gasteiger partial charge in [-0.1, -0.05) is 46.3 Å². The quantitative estimate of drug-likeness (QED) is 0.434. The Morgan fingerprint density at radius 2 is 1.89 bits per heavy atom. The maximum atomic E-state index is 5.87. The van der Waals surface area contributed by atoms with Crippen LogP contribution in [0.2, 0.25) is 0 Å². The van der Waals surface area contributed by atoms with Crippen molar-refractivity contribution < 1.29 is 4.74 Å². The van der Waals surface area contributed by atoms with Crippen molar-refractivity contribution in [2.24, 2.45) is 0 Å². The van der Waals surface area contributed by atoms with Crippen molar-refractivity contribution >= 4 is 26.7 Å². The van der Waals surface area contributed by atoms with E-state index in [2.05, 4.69) is 69.8 Å². The number of fused-ring (bicyclic) bond motifs is 1. The highest BCUT2D eigenvalue weighted by molar-refractivity contribution is 9.10. The molecule has 3 nitrogen and oxygen atoms in total. The van der Waals surface area contributed by atoms with Gasteiger partial charge in [0.05, 0.1) is 5.69 Å². The van der Waals surface area contributed by atoms with Gasteiger partial charge in [-0.25, -0.2) is 0 Å². The van der Waals surface area contributed by atoms with Crippen LogP contribution in [0.25, 0.3) is 22.0 Å². The molecule has 0 aliphatic carbocycles. The maximum Gasteiger partial charge on any atom is 0.120 e. The summed E-state index contributed by atoms with van der Waals surface area (Å²) >= 11 is 3.48. The molecule has 1 aromatic heterocycles. The molecule has 2 aromatic carbocycles. The molecule has 0 amide bonds. The van der Waals surface area contributed by atoms with Crippen molar-refractivity contribution in [1.82, 2.24) is 9.88 Å². The molecule has 0 radical (unpaired) electrons. The van der Waals surface area contributed by atoms with Crippen LogP contribution in [0, 0.1) is 0 Å². The lowest BCUT2D eigenvalue weighted by Gasteiger charge is -2.10. The van der Waals surface area contributed by atoms with Crippen LogP contribution in [0.3, 0.4) is 0 Å². The number of rotatable bonds is 8. The van der Waals surface area contributed by atoms with E-state index in [0.29, 0.717) is 6.61 Å². The molecule has 0 saturated carbocycles. The Bertz CT molecular complexity index is 935. The fourth-order valence-corrected chi connectivity index (χ4v) is 3.11. The lowest BCUT2D eigenvalue weighted by molar-refractivity contribution is 0.361. The van der Waals surface area contributed by atoms with E-state index in [1.807, 2.05) is 42.6 Å². The summed E-state index contributed by atoms with van der Waals surface area (Å²) in [5.74, 6) is 0.861. The summed E-state index contributed by atoms with van der Waals surface area (Å²) in [5, 5.41) is 2.24. The van der Waals surface area contributed by atoms with Crippen molar-refractivity contribution in [2.45, 2.75) is 0 Å². The monoisotopic (exact) mass is 422 g/mol. The van der Waals surface area contributed by atoms with Crippen LogP contribution in [0.4, 0.5) is 0 Å². The van der Waals surface area contributed by atoms with E-state index >= 15 is 0 Å². The Hall–Kier alpha value is -2.43. The molecule has 27 heavy (non-hydrogen) atoms. The number of ether oxygens (including phenoxy) is 1. The Labute approximate surface area is 169 Å². The van der Waals surface area contributed by atoms with Gasteiger partial charge in [0.1, 0.15) is 12.4 Å². The second kappa shape index (κ2) is 9.49. The van der Waals surface area contributed by atoms with Crippen LogP contribution < -0.4 is 4.74 Å². The maximum absolute atomic E-state index is 5.87. The number of hydrogen-bond acceptors (Lipinski definition) is 3. The summed E-state index contributed by atoms with van der Waals surface area (Å²) < 4.78 is 6.93. The van der Waals surface area contributed by atoms with Crippen molar-refractivity contribution in [3.05, 3.63) is 84.0 Å². The van der Waals surface area contributed by atoms with Gasteiger partial charge < -0.3 is 4.74 Å². The molecule has 138 valence electrons. The first kappa shape index (κ1) is 19.3. The van der Waals surface area contributed by atoms with E-state index in [4.69, 9.17) is 4.74 Å². The summed E-state index contributed by atoms with van der Waals surface area (Å²) in [6, 6.07) is 16.4. The molecular formula is C23H23BrN2O. The Kier molecular flexibility index (Phi) is 6.80. The molecule has 3 rings (SSSR count). The largest absolute Gasteiger partial charge is 0.490 e. The lowest BCUT2D eigenvalue weighted by Crippen LogP contribution is -2.17. The number of pyridine rings is 1. The third-order valence-electron chi connectivity index (χ3n) is 4.22. The summed E-state index contributed by atoms with van der Waals surface area (Å²) in [4.78, 5) is 6.75. The molecule has 4 heteroatoms. The van der Waals surface area contributed by atoms with E-state index in [-0.39, 0.29) is 0 Å². The van der Waals surface area contributed by atoms with E-state index in [1.54, 1.807) is 0 Å². The average Bonchev–Trinajstić information content (AvgIpc) is 2.68. The first-order valence-electron chi connectivity index (χ1n) is 8.89. The minimum atomic E-state index is 0.554. The third kappa shape index (κ3) is 5.28. The number of benzene rings is 2. The van der Waals surface area contributed by atoms with Gasteiger partial charge >= 0.3 is 0 Å². The van der Waals surface area contributed by atoms with Crippen molar-refractivity contribution in [3.63, 3.8) is 0 Å². The van der Waals surface area contributed by atoms with Crippen LogP contribution in [-0.2, 0) is 0 Å². The molecule has 0 saturated heterocycles. The molecule has 0 unspecified atom stereocenters. The molecular weight excluding hydrogens is 400 g/mol. The molecule has 0 fully saturated rings. The van der Waals surface area contributed by atoms with Crippen LogP contribution in [0.1, 0.15) is 0 Å². The molecule has 0 atom stereocenters. The fraction of sp³-hybridized carbons (Fsp3) is 0.174. The molecule has 0 aliphatic rings. The Morgan fingerprint density at radius 1 is 1.07 bits per heavy atom. The van der Waals surface area contributed by atoms with Gasteiger partial charge in [-0.2, -0.15) is 0 Å². The first-order valence-corrected chi connectivity index (χ1v) is 9.68. The van der Waals surface area contributed by atoms with Gasteiger partial charge in [0.15, 0.2) is 0 Å². The number of likely N-dealkylation sites (N-methyl/N-ethyl adjacent to an activating group) is 1. The van der Waals surface area contributed by atoms with Crippen molar-refractivity contribution in [3.8, 4) is 17.0 Å². The second-order valence-electron chi connectivity index (χ2n) is 6.34. The predicted molar refractivity (Wildman–Crippen MR) is 117 cm³/mol. The summed E-state index contributed by atoms with van der Waals surface area (Å²) in [7, 11) is 2.06. The van der Waals surface area contributed by atoms with Crippen molar-refractivity contribution in [2.75, 3.05) is 26.7 Å². The van der Waals surface area contributed by atoms with E-state index < -0.39 is 0 Å². The fourth-order valence-electron chi connectivity index (χ4n) is 2.85. The third-order valence-corrected chi connectivity index (χ3v) is 4.75. The van der Waals surface area contributed by atoms with Crippen LogP contribution in [0.5, 0.6) is 5.75 Å². The van der Waals surface area contributed by atoms with Crippen LogP contribution in [-0.4, -0.2) is 36.6 Å². The zero-order chi connectivity index (χ0) is 19.1. The Balaban J connectivity index is 1.70. The minimum Gasteiger partial charge on any atom is -0.490 e. The highest BCUT2D eigenvalue weighted by Crippen LogP contribution is 2.29. The van der Waals surface area contributed by atoms with Gasteiger partial charge in [0.25, 0.3) is 0 Å². The topological polar surface area (TPSA) is 25.4 Å². The number of aromatic nitrogens is 1. The Morgan fingerprint density at radius 3 is 2.67 bits per heavy atom. The standard InChI is InChI=1S/C23H23BrN2O/c1-3-14-26(2)15-4-5-16-27-21-10-11-22-19(17-21)12-13-25-23(22)18-6-8-20(24)9-7-18/h3-13,17H,1,14-16H2,2H3. The van der Waals surface area contributed by atoms with Gasteiger partial charge in [-0.05, 0) is 48.8 Å². The molecule has 0 spiro atoms. The molecule has 0 aliphatic heterocycles. The summed E-state index contributed by atoms with van der Waals surface area (Å²) in [6.07, 6.45) is 7.90. The minimum absolute atomic E-state index is 0.554. The number of halogens is 1. The number of hydrogen-bond donors (Lipinski definition) is 0. The second-order valence-corrected chi connectivity index (χ2v) is 7.26. The predicted octanol–water partition coefficient (Wildman–Crippen LogP) is 5.72. The zero-order valence-electron chi connectivity index (χ0n) is 15.4. The van der Waals surface area contributed by atoms with Gasteiger partial charge in [-0.3, -0.25) is 9.88 Å². The highest BCUT2D eigenvalue weighted by Gasteiger charge is 2.06. The molecule has 1 heterocycles. The average molecular weight is 423 g/mol. The molecule has 3 aromatic rings.